The van der Waals surface area contributed by atoms with Gasteiger partial charge in [-0.3, -0.25) is 4.79 Å². The summed E-state index contributed by atoms with van der Waals surface area (Å²) >= 11 is 0. The van der Waals surface area contributed by atoms with Crippen molar-refractivity contribution < 1.29 is 9.53 Å². The number of benzene rings is 3. The molecule has 3 heteroatoms. The molecule has 22 heavy (non-hydrogen) atoms. The lowest BCUT2D eigenvalue weighted by Gasteiger charge is -2.32. The molecule has 1 aliphatic rings. The van der Waals surface area contributed by atoms with Crippen molar-refractivity contribution >= 4 is 23.3 Å². The maximum Gasteiger partial charge on any atom is 0.151 e. The quantitative estimate of drug-likeness (QED) is 0.482. The van der Waals surface area contributed by atoms with Crippen molar-refractivity contribution in [1.82, 2.24) is 0 Å². The number of hydrogen-bond acceptors (Lipinski definition) is 3. The van der Waals surface area contributed by atoms with Gasteiger partial charge in [0.25, 0.3) is 0 Å². The first-order valence-electron chi connectivity index (χ1n) is 7.08. The minimum absolute atomic E-state index is 0.665. The molecular formula is C19H13NO2. The second kappa shape index (κ2) is 5.04. The van der Waals surface area contributed by atoms with Crippen LogP contribution in [0.4, 0.5) is 17.1 Å². The van der Waals surface area contributed by atoms with Crippen LogP contribution in [0.25, 0.3) is 0 Å². The van der Waals surface area contributed by atoms with Gasteiger partial charge >= 0.3 is 0 Å². The van der Waals surface area contributed by atoms with E-state index in [4.69, 9.17) is 4.74 Å². The Kier molecular flexibility index (Phi) is 2.90. The number of anilines is 3. The second-order valence-electron chi connectivity index (χ2n) is 5.08. The molecule has 0 N–H and O–H groups in total. The highest BCUT2D eigenvalue weighted by atomic mass is 16.5. The van der Waals surface area contributed by atoms with Crippen molar-refractivity contribution in [2.45, 2.75) is 0 Å². The van der Waals surface area contributed by atoms with Crippen LogP contribution in [-0.4, -0.2) is 6.29 Å². The van der Waals surface area contributed by atoms with Gasteiger partial charge in [0.1, 0.15) is 6.29 Å². The molecule has 0 fully saturated rings. The summed E-state index contributed by atoms with van der Waals surface area (Å²) in [6.07, 6.45) is 0.852. The molecule has 0 saturated heterocycles. The third-order valence-electron chi connectivity index (χ3n) is 3.72. The molecule has 0 atom stereocenters. The number of rotatable bonds is 2. The standard InChI is InChI=1S/C19H13NO2/c21-13-14-9-11-15(12-10-14)20-16-5-1-3-7-18(16)22-19-8-4-2-6-17(19)20/h1-13H. The maximum absolute atomic E-state index is 10.9. The van der Waals surface area contributed by atoms with E-state index in [1.165, 1.54) is 0 Å². The highest BCUT2D eigenvalue weighted by molar-refractivity contribution is 5.87. The highest BCUT2D eigenvalue weighted by Gasteiger charge is 2.24. The Labute approximate surface area is 128 Å². The van der Waals surface area contributed by atoms with Crippen LogP contribution in [-0.2, 0) is 0 Å². The molecule has 0 radical (unpaired) electrons. The predicted octanol–water partition coefficient (Wildman–Crippen LogP) is 5.07. The smallest absolute Gasteiger partial charge is 0.151 e. The first-order valence-corrected chi connectivity index (χ1v) is 7.08. The van der Waals surface area contributed by atoms with Crippen LogP contribution >= 0.6 is 0 Å². The molecule has 0 aliphatic carbocycles. The van der Waals surface area contributed by atoms with Gasteiger partial charge in [-0.1, -0.05) is 24.3 Å². The van der Waals surface area contributed by atoms with E-state index in [0.29, 0.717) is 5.56 Å². The Balaban J connectivity index is 1.92. The molecule has 4 rings (SSSR count). The average molecular weight is 287 g/mol. The number of ether oxygens (including phenoxy) is 1. The van der Waals surface area contributed by atoms with E-state index in [9.17, 15) is 4.79 Å². The minimum atomic E-state index is 0.665. The summed E-state index contributed by atoms with van der Waals surface area (Å²) < 4.78 is 5.98. The van der Waals surface area contributed by atoms with Gasteiger partial charge in [-0.05, 0) is 48.5 Å². The molecule has 0 unspecified atom stereocenters. The van der Waals surface area contributed by atoms with Crippen molar-refractivity contribution in [3.63, 3.8) is 0 Å². The SMILES string of the molecule is O=Cc1ccc(N2c3ccccc3Oc3ccccc32)cc1. The topological polar surface area (TPSA) is 29.5 Å². The zero-order valence-corrected chi connectivity index (χ0v) is 11.8. The highest BCUT2D eigenvalue weighted by Crippen LogP contribution is 2.49. The van der Waals surface area contributed by atoms with E-state index in [0.717, 1.165) is 34.8 Å². The van der Waals surface area contributed by atoms with Crippen molar-refractivity contribution in [3.8, 4) is 11.5 Å². The third kappa shape index (κ3) is 1.95. The van der Waals surface area contributed by atoms with Gasteiger partial charge < -0.3 is 9.64 Å². The number of hydrogen-bond donors (Lipinski definition) is 0. The van der Waals surface area contributed by atoms with Gasteiger partial charge in [-0.15, -0.1) is 0 Å². The molecule has 0 saturated carbocycles. The monoisotopic (exact) mass is 287 g/mol. The van der Waals surface area contributed by atoms with Gasteiger partial charge in [0.05, 0.1) is 11.4 Å². The number of aldehydes is 1. The molecule has 3 nitrogen and oxygen atoms in total. The predicted molar refractivity (Wildman–Crippen MR) is 86.6 cm³/mol. The van der Waals surface area contributed by atoms with Crippen LogP contribution in [0.2, 0.25) is 0 Å². The number of carbonyl (C=O) groups excluding carboxylic acids is 1. The molecule has 0 amide bonds. The van der Waals surface area contributed by atoms with Gasteiger partial charge in [0.15, 0.2) is 11.5 Å². The Bertz CT molecular complexity index is 795. The summed E-state index contributed by atoms with van der Waals surface area (Å²) in [5.41, 5.74) is 3.63. The molecule has 0 bridgehead atoms. The number of carbonyl (C=O) groups is 1. The van der Waals surface area contributed by atoms with E-state index in [2.05, 4.69) is 4.90 Å². The molecule has 0 aromatic heterocycles. The van der Waals surface area contributed by atoms with Crippen LogP contribution < -0.4 is 9.64 Å². The van der Waals surface area contributed by atoms with Crippen molar-refractivity contribution in [2.24, 2.45) is 0 Å². The number of fused-ring (bicyclic) bond motifs is 2. The maximum atomic E-state index is 10.9. The normalized spacial score (nSPS) is 12.1. The molecule has 0 spiro atoms. The zero-order chi connectivity index (χ0) is 14.9. The molecular weight excluding hydrogens is 274 g/mol. The minimum Gasteiger partial charge on any atom is -0.453 e. The van der Waals surface area contributed by atoms with Crippen LogP contribution in [0.5, 0.6) is 11.5 Å². The fraction of sp³-hybridized carbons (Fsp3) is 0. The lowest BCUT2D eigenvalue weighted by Crippen LogP contribution is -2.15. The first kappa shape index (κ1) is 12.7. The summed E-state index contributed by atoms with van der Waals surface area (Å²) in [5.74, 6) is 1.64. The molecule has 1 heterocycles. The van der Waals surface area contributed by atoms with Gasteiger partial charge in [0.2, 0.25) is 0 Å². The molecule has 1 aliphatic heterocycles. The van der Waals surface area contributed by atoms with Crippen LogP contribution in [0.15, 0.2) is 72.8 Å². The van der Waals surface area contributed by atoms with E-state index >= 15 is 0 Å². The first-order chi connectivity index (χ1) is 10.9. The van der Waals surface area contributed by atoms with E-state index in [1.807, 2.05) is 72.8 Å². The van der Waals surface area contributed by atoms with Crippen molar-refractivity contribution in [3.05, 3.63) is 78.4 Å². The Morgan fingerprint density at radius 1 is 0.727 bits per heavy atom. The summed E-state index contributed by atoms with van der Waals surface area (Å²) in [7, 11) is 0. The second-order valence-corrected chi connectivity index (χ2v) is 5.08. The van der Waals surface area contributed by atoms with Gasteiger partial charge in [0, 0.05) is 11.3 Å². The van der Waals surface area contributed by atoms with Crippen LogP contribution in [0, 0.1) is 0 Å². The fourth-order valence-electron chi connectivity index (χ4n) is 2.68. The number of nitrogens with zero attached hydrogens (tertiary/aromatic N) is 1. The molecule has 3 aromatic carbocycles. The zero-order valence-electron chi connectivity index (χ0n) is 11.8. The lowest BCUT2D eigenvalue weighted by molar-refractivity contribution is 0.112. The van der Waals surface area contributed by atoms with E-state index in [-0.39, 0.29) is 0 Å². The number of para-hydroxylation sites is 4. The molecule has 106 valence electrons. The Morgan fingerprint density at radius 2 is 1.27 bits per heavy atom. The van der Waals surface area contributed by atoms with Gasteiger partial charge in [-0.25, -0.2) is 0 Å². The molecule has 3 aromatic rings. The Hall–Kier alpha value is -3.07. The van der Waals surface area contributed by atoms with E-state index in [1.54, 1.807) is 0 Å². The van der Waals surface area contributed by atoms with Gasteiger partial charge in [-0.2, -0.15) is 0 Å². The summed E-state index contributed by atoms with van der Waals surface area (Å²) in [5, 5.41) is 0. The summed E-state index contributed by atoms with van der Waals surface area (Å²) in [4.78, 5) is 13.0. The van der Waals surface area contributed by atoms with Crippen LogP contribution in [0.1, 0.15) is 10.4 Å². The fourth-order valence-corrected chi connectivity index (χ4v) is 2.68. The summed E-state index contributed by atoms with van der Waals surface area (Å²) in [6.45, 7) is 0. The van der Waals surface area contributed by atoms with Crippen molar-refractivity contribution in [2.75, 3.05) is 4.90 Å². The van der Waals surface area contributed by atoms with E-state index < -0.39 is 0 Å². The lowest BCUT2D eigenvalue weighted by atomic mass is 10.1. The summed E-state index contributed by atoms with van der Waals surface area (Å²) in [6, 6.07) is 23.4. The Morgan fingerprint density at radius 3 is 1.82 bits per heavy atom. The largest absolute Gasteiger partial charge is 0.453 e. The third-order valence-corrected chi connectivity index (χ3v) is 3.72. The van der Waals surface area contributed by atoms with Crippen LogP contribution in [0.3, 0.4) is 0 Å². The van der Waals surface area contributed by atoms with Crippen molar-refractivity contribution in [1.29, 1.82) is 0 Å². The average Bonchev–Trinajstić information content (AvgIpc) is 2.60.